The summed E-state index contributed by atoms with van der Waals surface area (Å²) in [6, 6.07) is 8.26. The van der Waals surface area contributed by atoms with Crippen LogP contribution in [0.25, 0.3) is 0 Å². The van der Waals surface area contributed by atoms with Crippen LogP contribution in [-0.4, -0.2) is 69.3 Å². The van der Waals surface area contributed by atoms with Gasteiger partial charge in [0.15, 0.2) is 0 Å². The number of likely N-dealkylation sites (tertiary alicyclic amines) is 1. The lowest BCUT2D eigenvalue weighted by atomic mass is 10.0. The largest absolute Gasteiger partial charge is 0.496 e. The van der Waals surface area contributed by atoms with E-state index in [1.54, 1.807) is 25.2 Å². The second-order valence-corrected chi connectivity index (χ2v) is 6.88. The molecule has 1 heterocycles. The van der Waals surface area contributed by atoms with Gasteiger partial charge in [-0.15, -0.1) is 0 Å². The Balaban J connectivity index is 1.94. The maximum Gasteiger partial charge on any atom is 0.246 e. The highest BCUT2D eigenvalue weighted by molar-refractivity contribution is 5.88. The predicted octanol–water partition coefficient (Wildman–Crippen LogP) is 2.36. The molecule has 2 rings (SSSR count). The van der Waals surface area contributed by atoms with Gasteiger partial charge in [0.1, 0.15) is 5.75 Å². The van der Waals surface area contributed by atoms with E-state index in [2.05, 4.69) is 11.9 Å². The third kappa shape index (κ3) is 5.31. The minimum absolute atomic E-state index is 0.0432. The number of carbonyl (C=O) groups is 1. The number of para-hydroxylation sites is 1. The lowest BCUT2D eigenvalue weighted by molar-refractivity contribution is -0.125. The topological polar surface area (TPSA) is 42.0 Å². The average Bonchev–Trinajstić information content (AvgIpc) is 2.95. The zero-order valence-corrected chi connectivity index (χ0v) is 16.0. The summed E-state index contributed by atoms with van der Waals surface area (Å²) in [4.78, 5) is 16.6. The lowest BCUT2D eigenvalue weighted by Crippen LogP contribution is -2.39. The van der Waals surface area contributed by atoms with Gasteiger partial charge in [-0.05, 0) is 38.4 Å². The van der Waals surface area contributed by atoms with Gasteiger partial charge < -0.3 is 14.4 Å². The van der Waals surface area contributed by atoms with Crippen LogP contribution in [0.1, 0.15) is 18.9 Å². The first kappa shape index (κ1) is 19.5. The summed E-state index contributed by atoms with van der Waals surface area (Å²) in [6.07, 6.45) is 3.67. The number of carbonyl (C=O) groups excluding carboxylic acids is 1. The molecule has 0 N–H and O–H groups in total. The van der Waals surface area contributed by atoms with Crippen molar-refractivity contribution in [3.63, 3.8) is 0 Å². The second kappa shape index (κ2) is 9.02. The summed E-state index contributed by atoms with van der Waals surface area (Å²) in [5.41, 5.74) is 2.11. The summed E-state index contributed by atoms with van der Waals surface area (Å²) >= 11 is 0. The molecular weight excluding hydrogens is 316 g/mol. The zero-order chi connectivity index (χ0) is 18.4. The highest BCUT2D eigenvalue weighted by atomic mass is 16.5. The highest BCUT2D eigenvalue weighted by Gasteiger charge is 2.30. The SMILES string of the molecule is COc1ccccc1CC(C)=CC(=O)N(C)C[C@@H]1C[C@H](OC)CN1C. The maximum atomic E-state index is 12.5. The Morgan fingerprint density at radius 2 is 2.08 bits per heavy atom. The maximum absolute atomic E-state index is 12.5. The third-order valence-corrected chi connectivity index (χ3v) is 4.88. The Labute approximate surface area is 151 Å². The number of hydrogen-bond acceptors (Lipinski definition) is 4. The molecule has 1 aromatic rings. The van der Waals surface area contributed by atoms with Crippen LogP contribution in [0.2, 0.25) is 0 Å². The van der Waals surface area contributed by atoms with E-state index < -0.39 is 0 Å². The Hall–Kier alpha value is -1.85. The van der Waals surface area contributed by atoms with Crippen LogP contribution in [0.5, 0.6) is 5.75 Å². The van der Waals surface area contributed by atoms with E-state index >= 15 is 0 Å². The minimum Gasteiger partial charge on any atom is -0.496 e. The van der Waals surface area contributed by atoms with Gasteiger partial charge in [0, 0.05) is 39.4 Å². The molecule has 2 atom stereocenters. The fourth-order valence-corrected chi connectivity index (χ4v) is 3.34. The van der Waals surface area contributed by atoms with Gasteiger partial charge in [0.2, 0.25) is 5.91 Å². The number of benzene rings is 1. The van der Waals surface area contributed by atoms with E-state index in [-0.39, 0.29) is 12.0 Å². The van der Waals surface area contributed by atoms with Crippen LogP contribution < -0.4 is 4.74 Å². The predicted molar refractivity (Wildman–Crippen MR) is 99.9 cm³/mol. The van der Waals surface area contributed by atoms with Crippen LogP contribution in [0, 0.1) is 0 Å². The average molecular weight is 346 g/mol. The molecule has 0 radical (unpaired) electrons. The van der Waals surface area contributed by atoms with Gasteiger partial charge in [-0.1, -0.05) is 23.8 Å². The molecule has 0 saturated carbocycles. The fourth-order valence-electron chi connectivity index (χ4n) is 3.34. The zero-order valence-electron chi connectivity index (χ0n) is 16.0. The van der Waals surface area contributed by atoms with Crippen molar-refractivity contribution in [3.8, 4) is 5.75 Å². The van der Waals surface area contributed by atoms with E-state index in [1.807, 2.05) is 38.2 Å². The Kier molecular flexibility index (Phi) is 7.02. The third-order valence-electron chi connectivity index (χ3n) is 4.88. The Bertz CT molecular complexity index is 615. The van der Waals surface area contributed by atoms with Gasteiger partial charge in [-0.25, -0.2) is 0 Å². The number of rotatable bonds is 7. The molecule has 1 aromatic carbocycles. The monoisotopic (exact) mass is 346 g/mol. The quantitative estimate of drug-likeness (QED) is 0.711. The summed E-state index contributed by atoms with van der Waals surface area (Å²) in [7, 11) is 7.37. The molecule has 1 aliphatic rings. The van der Waals surface area contributed by atoms with Gasteiger partial charge >= 0.3 is 0 Å². The Morgan fingerprint density at radius 3 is 2.72 bits per heavy atom. The smallest absolute Gasteiger partial charge is 0.246 e. The molecule has 0 spiro atoms. The van der Waals surface area contributed by atoms with Crippen molar-refractivity contribution in [2.45, 2.75) is 31.9 Å². The van der Waals surface area contributed by atoms with Gasteiger partial charge in [0.05, 0.1) is 13.2 Å². The minimum atomic E-state index is 0.0432. The first-order valence-electron chi connectivity index (χ1n) is 8.71. The molecule has 0 aliphatic carbocycles. The number of nitrogens with zero attached hydrogens (tertiary/aromatic N) is 2. The van der Waals surface area contributed by atoms with Crippen LogP contribution in [0.15, 0.2) is 35.9 Å². The second-order valence-electron chi connectivity index (χ2n) is 6.88. The van der Waals surface area contributed by atoms with E-state index in [0.29, 0.717) is 19.0 Å². The van der Waals surface area contributed by atoms with E-state index in [9.17, 15) is 4.79 Å². The van der Waals surface area contributed by atoms with Gasteiger partial charge in [-0.3, -0.25) is 9.69 Å². The van der Waals surface area contributed by atoms with Gasteiger partial charge in [-0.2, -0.15) is 0 Å². The molecule has 1 aliphatic heterocycles. The van der Waals surface area contributed by atoms with Crippen molar-refractivity contribution >= 4 is 5.91 Å². The molecule has 5 nitrogen and oxygen atoms in total. The summed E-state index contributed by atoms with van der Waals surface area (Å²) in [5, 5.41) is 0. The van der Waals surface area contributed by atoms with Crippen molar-refractivity contribution in [1.82, 2.24) is 9.80 Å². The van der Waals surface area contributed by atoms with Crippen LogP contribution >= 0.6 is 0 Å². The lowest BCUT2D eigenvalue weighted by Gasteiger charge is -2.25. The van der Waals surface area contributed by atoms with E-state index in [0.717, 1.165) is 29.9 Å². The molecule has 0 bridgehead atoms. The molecule has 1 saturated heterocycles. The van der Waals surface area contributed by atoms with Crippen LogP contribution in [0.4, 0.5) is 0 Å². The summed E-state index contributed by atoms with van der Waals surface area (Å²) in [5.74, 6) is 0.899. The molecule has 1 amide bonds. The number of ether oxygens (including phenoxy) is 2. The van der Waals surface area contributed by atoms with Crippen molar-refractivity contribution in [2.24, 2.45) is 0 Å². The number of likely N-dealkylation sites (N-methyl/N-ethyl adjacent to an activating group) is 2. The van der Waals surface area contributed by atoms with Gasteiger partial charge in [0.25, 0.3) is 0 Å². The first-order valence-corrected chi connectivity index (χ1v) is 8.71. The number of hydrogen-bond donors (Lipinski definition) is 0. The van der Waals surface area contributed by atoms with Crippen molar-refractivity contribution < 1.29 is 14.3 Å². The van der Waals surface area contributed by atoms with Crippen molar-refractivity contribution in [1.29, 1.82) is 0 Å². The normalized spacial score (nSPS) is 21.4. The standard InChI is InChI=1S/C20H30N2O3/c1-15(10-16-8-6-7-9-19(16)25-5)11-20(23)22(3)13-17-12-18(24-4)14-21(17)2/h6-9,11,17-18H,10,12-14H2,1-5H3/t17-,18-/m0/s1. The molecule has 25 heavy (non-hydrogen) atoms. The molecule has 0 aromatic heterocycles. The van der Waals surface area contributed by atoms with Crippen LogP contribution in [0.3, 0.4) is 0 Å². The number of amides is 1. The van der Waals surface area contributed by atoms with E-state index in [4.69, 9.17) is 9.47 Å². The van der Waals surface area contributed by atoms with Crippen molar-refractivity contribution in [2.75, 3.05) is 41.4 Å². The highest BCUT2D eigenvalue weighted by Crippen LogP contribution is 2.21. The first-order chi connectivity index (χ1) is 11.9. The van der Waals surface area contributed by atoms with Crippen molar-refractivity contribution in [3.05, 3.63) is 41.5 Å². The summed E-state index contributed by atoms with van der Waals surface area (Å²) < 4.78 is 10.8. The van der Waals surface area contributed by atoms with Crippen LogP contribution in [-0.2, 0) is 16.0 Å². The number of allylic oxidation sites excluding steroid dienone is 1. The number of methoxy groups -OCH3 is 2. The molecule has 138 valence electrons. The summed E-state index contributed by atoms with van der Waals surface area (Å²) in [6.45, 7) is 3.63. The molecule has 0 unspecified atom stereocenters. The molecular formula is C20H30N2O3. The Morgan fingerprint density at radius 1 is 1.36 bits per heavy atom. The van der Waals surface area contributed by atoms with E-state index in [1.165, 1.54) is 0 Å². The molecule has 5 heteroatoms. The molecule has 1 fully saturated rings. The fraction of sp³-hybridized carbons (Fsp3) is 0.550.